The van der Waals surface area contributed by atoms with E-state index < -0.39 is 0 Å². The van der Waals surface area contributed by atoms with Crippen molar-refractivity contribution in [1.29, 1.82) is 0 Å². The summed E-state index contributed by atoms with van der Waals surface area (Å²) in [4.78, 5) is 8.25. The Kier molecular flexibility index (Phi) is 8.80. The first kappa shape index (κ1) is 16.3. The fraction of sp³-hybridized carbons (Fsp3) is 0. The van der Waals surface area contributed by atoms with Crippen LogP contribution in [0.1, 0.15) is 0 Å². The zero-order valence-electron chi connectivity index (χ0n) is 8.02. The van der Waals surface area contributed by atoms with Crippen LogP contribution in [0.15, 0.2) is 34.3 Å². The molecule has 1 heterocycles. The van der Waals surface area contributed by atoms with E-state index in [-0.39, 0.29) is 103 Å². The van der Waals surface area contributed by atoms with E-state index in [1.54, 1.807) is 0 Å². The Bertz CT molecular complexity index is 396. The summed E-state index contributed by atoms with van der Waals surface area (Å²) >= 11 is 9.81. The van der Waals surface area contributed by atoms with Crippen LogP contribution in [0, 0.1) is 0 Å². The molecule has 2 nitrogen and oxygen atoms in total. The normalized spacial score (nSPS) is 8.86. The molecule has 0 N–H and O–H groups in total. The zero-order valence-corrected chi connectivity index (χ0v) is 15.9. The molecule has 2 aromatic rings. The van der Waals surface area contributed by atoms with Crippen LogP contribution in [-0.4, -0.2) is 9.97 Å². The Balaban J connectivity index is 0.000000845. The van der Waals surface area contributed by atoms with Gasteiger partial charge in [-0.25, -0.2) is 0 Å². The number of nitrogens with zero attached hydrogens (tertiary/aromatic N) is 2. The van der Waals surface area contributed by atoms with Crippen molar-refractivity contribution < 1.29 is 103 Å². The molecule has 1 aromatic carbocycles. The molecule has 0 atom stereocenters. The van der Waals surface area contributed by atoms with Crippen molar-refractivity contribution in [2.75, 3.05) is 0 Å². The van der Waals surface area contributed by atoms with E-state index in [0.29, 0.717) is 10.1 Å². The molecule has 6 heteroatoms. The van der Waals surface area contributed by atoms with Gasteiger partial charge in [-0.15, -0.1) is 0 Å². The van der Waals surface area contributed by atoms with Crippen LogP contribution in [0.4, 0.5) is 0 Å². The molecule has 0 amide bonds. The first-order valence-electron chi connectivity index (χ1n) is 3.38. The van der Waals surface area contributed by atoms with E-state index in [9.17, 15) is 0 Å². The summed E-state index contributed by atoms with van der Waals surface area (Å²) in [6, 6.07) is 7.53. The molecule has 60 valence electrons. The van der Waals surface area contributed by atoms with Gasteiger partial charge in [0.2, 0.25) is 0 Å². The predicted molar refractivity (Wildman–Crippen MR) is 50.8 cm³/mol. The molecule has 0 aliphatic heterocycles. The van der Waals surface area contributed by atoms with Gasteiger partial charge >= 0.3 is 103 Å². The number of rotatable bonds is 0. The van der Waals surface area contributed by atoms with Gasteiger partial charge in [0, 0.05) is 0 Å². The van der Waals surface area contributed by atoms with E-state index in [1.807, 2.05) is 24.3 Å². The summed E-state index contributed by atoms with van der Waals surface area (Å²) in [7, 11) is 0. The summed E-state index contributed by atoms with van der Waals surface area (Å²) in [5, 5.41) is 0.812. The maximum atomic E-state index is 4.90. The van der Waals surface area contributed by atoms with Crippen molar-refractivity contribution in [2.24, 2.45) is 0 Å². The van der Waals surface area contributed by atoms with E-state index in [2.05, 4.69) is 9.97 Å². The van der Waals surface area contributed by atoms with Crippen LogP contribution < -0.4 is 103 Å². The minimum atomic E-state index is 0. The van der Waals surface area contributed by atoms with Crippen LogP contribution in [0.5, 0.6) is 0 Å². The second kappa shape index (κ2) is 7.57. The summed E-state index contributed by atoms with van der Waals surface area (Å²) in [6.45, 7) is 0. The van der Waals surface area contributed by atoms with Crippen molar-refractivity contribution >= 4 is 36.3 Å². The Morgan fingerprint density at radius 2 is 1.14 bits per heavy atom. The topological polar surface area (TPSA) is 25.8 Å². The van der Waals surface area contributed by atoms with Gasteiger partial charge in [0.25, 0.3) is 0 Å². The number of fused-ring (bicyclic) bond motifs is 1. The average molecular weight is 270 g/mol. The number of para-hydroxylation sites is 2. The minimum Gasteiger partial charge on any atom is -0.760 e. The molecule has 0 fully saturated rings. The fourth-order valence-electron chi connectivity index (χ4n) is 0.968. The van der Waals surface area contributed by atoms with E-state index in [4.69, 9.17) is 25.3 Å². The first-order chi connectivity index (χ1) is 5.77. The Morgan fingerprint density at radius 1 is 0.786 bits per heavy atom. The van der Waals surface area contributed by atoms with Crippen LogP contribution >= 0.6 is 0 Å². The second-order valence-electron chi connectivity index (χ2n) is 2.32. The second-order valence-corrected chi connectivity index (χ2v) is 3.10. The quantitative estimate of drug-likeness (QED) is 0.356. The van der Waals surface area contributed by atoms with E-state index in [1.165, 1.54) is 0 Å². The standard InChI is InChI=1S/C8H6N2S2.2K/c11-7-8(12)10-6-4-2-1-3-5(6)9-7;;/h1-4H,(H,9,11)(H,10,12);;/q;2*+1/p-2. The van der Waals surface area contributed by atoms with Crippen LogP contribution in [0.25, 0.3) is 11.0 Å². The van der Waals surface area contributed by atoms with Gasteiger partial charge in [0.15, 0.2) is 0 Å². The molecule has 0 aliphatic rings. The maximum absolute atomic E-state index is 4.90. The third kappa shape index (κ3) is 3.94. The Morgan fingerprint density at radius 3 is 1.50 bits per heavy atom. The van der Waals surface area contributed by atoms with Gasteiger partial charge in [-0.2, -0.15) is 0 Å². The monoisotopic (exact) mass is 270 g/mol. The maximum Gasteiger partial charge on any atom is 1.00 e. The summed E-state index contributed by atoms with van der Waals surface area (Å²) in [5.41, 5.74) is 1.60. The number of aromatic nitrogens is 2. The van der Waals surface area contributed by atoms with Gasteiger partial charge in [-0.05, 0) is 12.1 Å². The van der Waals surface area contributed by atoms with Crippen molar-refractivity contribution in [3.05, 3.63) is 24.3 Å². The largest absolute Gasteiger partial charge is 1.00 e. The molecular formula is C8H4K2N2S2. The minimum absolute atomic E-state index is 0. The fourth-order valence-corrected chi connectivity index (χ4v) is 1.26. The van der Waals surface area contributed by atoms with Crippen LogP contribution in [-0.2, 0) is 25.3 Å². The van der Waals surface area contributed by atoms with Crippen LogP contribution in [0.2, 0.25) is 0 Å². The average Bonchev–Trinajstić information content (AvgIpc) is 2.07. The van der Waals surface area contributed by atoms with Gasteiger partial charge in [0.05, 0.1) is 11.0 Å². The van der Waals surface area contributed by atoms with Gasteiger partial charge < -0.3 is 25.3 Å². The van der Waals surface area contributed by atoms with Gasteiger partial charge in [-0.3, -0.25) is 9.97 Å². The third-order valence-electron chi connectivity index (χ3n) is 1.51. The summed E-state index contributed by atoms with van der Waals surface area (Å²) in [6.07, 6.45) is 0. The molecule has 0 saturated carbocycles. The molecule has 0 radical (unpaired) electrons. The van der Waals surface area contributed by atoms with Crippen molar-refractivity contribution in [3.63, 3.8) is 0 Å². The van der Waals surface area contributed by atoms with Crippen molar-refractivity contribution in [2.45, 2.75) is 10.1 Å². The van der Waals surface area contributed by atoms with Crippen molar-refractivity contribution in [3.8, 4) is 0 Å². The number of hydrogen-bond acceptors (Lipinski definition) is 4. The number of hydrogen-bond donors (Lipinski definition) is 0. The zero-order chi connectivity index (χ0) is 8.55. The molecule has 0 spiro atoms. The first-order valence-corrected chi connectivity index (χ1v) is 4.20. The predicted octanol–water partition coefficient (Wildman–Crippen LogP) is -4.55. The van der Waals surface area contributed by atoms with Crippen molar-refractivity contribution in [1.82, 2.24) is 9.97 Å². The molecule has 0 unspecified atom stereocenters. The smallest absolute Gasteiger partial charge is 0.760 e. The SMILES string of the molecule is [K+].[K+].[S-]c1nc2ccccc2nc1[S-]. The van der Waals surface area contributed by atoms with Crippen LogP contribution in [0.3, 0.4) is 0 Å². The number of benzene rings is 1. The molecule has 1 aromatic heterocycles. The Hall–Kier alpha value is 2.27. The Labute approximate surface area is 179 Å². The summed E-state index contributed by atoms with van der Waals surface area (Å²) in [5.74, 6) is 0. The van der Waals surface area contributed by atoms with Gasteiger partial charge in [0.1, 0.15) is 0 Å². The molecule has 0 saturated heterocycles. The molecular weight excluding hydrogens is 266 g/mol. The molecule has 0 bridgehead atoms. The van der Waals surface area contributed by atoms with E-state index >= 15 is 0 Å². The molecule has 14 heavy (non-hydrogen) atoms. The summed E-state index contributed by atoms with van der Waals surface area (Å²) < 4.78 is 0. The molecule has 0 aliphatic carbocycles. The van der Waals surface area contributed by atoms with E-state index in [0.717, 1.165) is 11.0 Å². The third-order valence-corrected chi connectivity index (χ3v) is 2.21. The molecule has 2 rings (SSSR count). The van der Waals surface area contributed by atoms with Gasteiger partial charge in [-0.1, -0.05) is 22.2 Å².